The third-order valence-corrected chi connectivity index (χ3v) is 2.65. The molecule has 5 heteroatoms. The Kier molecular flexibility index (Phi) is 3.10. The molecule has 0 atom stereocenters. The van der Waals surface area contributed by atoms with Gasteiger partial charge < -0.3 is 0 Å². The van der Waals surface area contributed by atoms with Crippen molar-refractivity contribution in [1.29, 1.82) is 0 Å². The molecule has 2 heterocycles. The molecule has 14 heavy (non-hydrogen) atoms. The van der Waals surface area contributed by atoms with Gasteiger partial charge in [0.25, 0.3) is 0 Å². The standard InChI is InChI=1S/C9H17N5/c1-13-9(7-10-12-13)8-11-14-5-3-2-4-6-14/h7,11H,2-6,8H2,1H3. The van der Waals surface area contributed by atoms with Crippen molar-refractivity contribution in [2.45, 2.75) is 25.8 Å². The van der Waals surface area contributed by atoms with E-state index in [2.05, 4.69) is 20.7 Å². The van der Waals surface area contributed by atoms with Crippen molar-refractivity contribution in [3.63, 3.8) is 0 Å². The van der Waals surface area contributed by atoms with E-state index in [0.717, 1.165) is 25.3 Å². The van der Waals surface area contributed by atoms with Gasteiger partial charge in [-0.3, -0.25) is 4.68 Å². The summed E-state index contributed by atoms with van der Waals surface area (Å²) in [5, 5.41) is 10.0. The molecule has 1 aromatic rings. The Labute approximate surface area is 84.1 Å². The predicted octanol–water partition coefficient (Wildman–Crippen LogP) is 0.306. The Morgan fingerprint density at radius 3 is 2.79 bits per heavy atom. The van der Waals surface area contributed by atoms with Gasteiger partial charge in [0.2, 0.25) is 0 Å². The van der Waals surface area contributed by atoms with Crippen LogP contribution in [0.15, 0.2) is 6.20 Å². The number of nitrogens with zero attached hydrogens (tertiary/aromatic N) is 4. The van der Waals surface area contributed by atoms with E-state index in [4.69, 9.17) is 0 Å². The van der Waals surface area contributed by atoms with Crippen molar-refractivity contribution in [2.24, 2.45) is 7.05 Å². The second kappa shape index (κ2) is 4.52. The number of hydrogen-bond acceptors (Lipinski definition) is 4. The first-order valence-corrected chi connectivity index (χ1v) is 5.18. The van der Waals surface area contributed by atoms with E-state index in [1.807, 2.05) is 7.05 Å². The van der Waals surface area contributed by atoms with Crippen LogP contribution in [0.4, 0.5) is 0 Å². The highest BCUT2D eigenvalue weighted by molar-refractivity contribution is 4.91. The van der Waals surface area contributed by atoms with E-state index in [-0.39, 0.29) is 0 Å². The number of nitrogens with one attached hydrogen (secondary N) is 1. The fraction of sp³-hybridized carbons (Fsp3) is 0.778. The number of aryl methyl sites for hydroxylation is 1. The van der Waals surface area contributed by atoms with Crippen LogP contribution in [-0.4, -0.2) is 33.1 Å². The number of piperidine rings is 1. The molecule has 1 aliphatic heterocycles. The highest BCUT2D eigenvalue weighted by Gasteiger charge is 2.09. The maximum atomic E-state index is 3.89. The minimum absolute atomic E-state index is 0.823. The molecule has 0 aromatic carbocycles. The molecule has 0 unspecified atom stereocenters. The zero-order valence-corrected chi connectivity index (χ0v) is 8.61. The van der Waals surface area contributed by atoms with Gasteiger partial charge in [0.1, 0.15) is 0 Å². The summed E-state index contributed by atoms with van der Waals surface area (Å²) in [6.07, 6.45) is 5.77. The van der Waals surface area contributed by atoms with Crippen LogP contribution in [0.25, 0.3) is 0 Å². The summed E-state index contributed by atoms with van der Waals surface area (Å²) in [5.74, 6) is 0. The minimum atomic E-state index is 0.823. The molecule has 78 valence electrons. The Hall–Kier alpha value is -0.940. The van der Waals surface area contributed by atoms with Crippen LogP contribution in [0.3, 0.4) is 0 Å². The number of rotatable bonds is 3. The van der Waals surface area contributed by atoms with Gasteiger partial charge in [0, 0.05) is 20.1 Å². The molecule has 0 amide bonds. The van der Waals surface area contributed by atoms with Crippen LogP contribution < -0.4 is 5.43 Å². The molecule has 0 radical (unpaired) electrons. The van der Waals surface area contributed by atoms with E-state index in [1.165, 1.54) is 19.3 Å². The zero-order chi connectivity index (χ0) is 9.80. The highest BCUT2D eigenvalue weighted by atomic mass is 15.5. The number of aromatic nitrogens is 3. The maximum Gasteiger partial charge on any atom is 0.0738 e. The third kappa shape index (κ3) is 2.30. The second-order valence-electron chi connectivity index (χ2n) is 3.73. The van der Waals surface area contributed by atoms with Crippen molar-refractivity contribution in [3.8, 4) is 0 Å². The molecule has 1 fully saturated rings. The monoisotopic (exact) mass is 195 g/mol. The smallest absolute Gasteiger partial charge is 0.0738 e. The first kappa shape index (κ1) is 9.61. The van der Waals surface area contributed by atoms with E-state index in [1.54, 1.807) is 10.9 Å². The first-order valence-electron chi connectivity index (χ1n) is 5.18. The van der Waals surface area contributed by atoms with Crippen LogP contribution >= 0.6 is 0 Å². The molecule has 0 saturated carbocycles. The molecule has 0 spiro atoms. The van der Waals surface area contributed by atoms with Crippen LogP contribution in [0.1, 0.15) is 25.0 Å². The zero-order valence-electron chi connectivity index (χ0n) is 8.61. The van der Waals surface area contributed by atoms with Crippen molar-refractivity contribution >= 4 is 0 Å². The number of hydrogen-bond donors (Lipinski definition) is 1. The van der Waals surface area contributed by atoms with Gasteiger partial charge >= 0.3 is 0 Å². The Morgan fingerprint density at radius 2 is 2.14 bits per heavy atom. The topological polar surface area (TPSA) is 46.0 Å². The number of hydrazine groups is 1. The van der Waals surface area contributed by atoms with Gasteiger partial charge in [0.15, 0.2) is 0 Å². The molecule has 5 nitrogen and oxygen atoms in total. The Balaban J connectivity index is 1.79. The summed E-state index contributed by atoms with van der Waals surface area (Å²) in [6.45, 7) is 3.14. The lowest BCUT2D eigenvalue weighted by Crippen LogP contribution is -2.41. The van der Waals surface area contributed by atoms with Crippen LogP contribution in [-0.2, 0) is 13.6 Å². The average Bonchev–Trinajstić information content (AvgIpc) is 2.63. The fourth-order valence-corrected chi connectivity index (χ4v) is 1.72. The van der Waals surface area contributed by atoms with Gasteiger partial charge in [-0.15, -0.1) is 5.10 Å². The molecule has 0 bridgehead atoms. The van der Waals surface area contributed by atoms with E-state index in [0.29, 0.717) is 0 Å². The molecular weight excluding hydrogens is 178 g/mol. The largest absolute Gasteiger partial charge is 0.251 e. The summed E-state index contributed by atoms with van der Waals surface area (Å²) in [5.41, 5.74) is 4.52. The van der Waals surface area contributed by atoms with Crippen LogP contribution in [0.2, 0.25) is 0 Å². The second-order valence-corrected chi connectivity index (χ2v) is 3.73. The van der Waals surface area contributed by atoms with Gasteiger partial charge in [-0.1, -0.05) is 11.6 Å². The lowest BCUT2D eigenvalue weighted by Gasteiger charge is -2.26. The van der Waals surface area contributed by atoms with E-state index < -0.39 is 0 Å². The fourth-order valence-electron chi connectivity index (χ4n) is 1.72. The van der Waals surface area contributed by atoms with E-state index >= 15 is 0 Å². The van der Waals surface area contributed by atoms with Gasteiger partial charge in [-0.25, -0.2) is 10.4 Å². The molecule has 1 N–H and O–H groups in total. The van der Waals surface area contributed by atoms with Crippen LogP contribution in [0, 0.1) is 0 Å². The Morgan fingerprint density at radius 1 is 1.36 bits per heavy atom. The predicted molar refractivity (Wildman–Crippen MR) is 53.3 cm³/mol. The van der Waals surface area contributed by atoms with E-state index in [9.17, 15) is 0 Å². The van der Waals surface area contributed by atoms with Crippen LogP contribution in [0.5, 0.6) is 0 Å². The molecule has 1 aromatic heterocycles. The van der Waals surface area contributed by atoms with Gasteiger partial charge in [-0.05, 0) is 12.8 Å². The molecular formula is C9H17N5. The molecule has 0 aliphatic carbocycles. The van der Waals surface area contributed by atoms with Crippen molar-refractivity contribution in [3.05, 3.63) is 11.9 Å². The normalized spacial score (nSPS) is 18.6. The lowest BCUT2D eigenvalue weighted by molar-refractivity contribution is 0.149. The minimum Gasteiger partial charge on any atom is -0.251 e. The van der Waals surface area contributed by atoms with Gasteiger partial charge in [0.05, 0.1) is 18.4 Å². The maximum absolute atomic E-state index is 3.89. The molecule has 1 saturated heterocycles. The lowest BCUT2D eigenvalue weighted by atomic mass is 10.2. The average molecular weight is 195 g/mol. The third-order valence-electron chi connectivity index (χ3n) is 2.65. The molecule has 1 aliphatic rings. The quantitative estimate of drug-likeness (QED) is 0.754. The SMILES string of the molecule is Cn1nncc1CNN1CCCCC1. The van der Waals surface area contributed by atoms with Crippen molar-refractivity contribution < 1.29 is 0 Å². The summed E-state index contributed by atoms with van der Waals surface area (Å²) in [4.78, 5) is 0. The first-order chi connectivity index (χ1) is 6.86. The Bertz CT molecular complexity index is 276. The summed E-state index contributed by atoms with van der Waals surface area (Å²) in [7, 11) is 1.92. The molecule has 2 rings (SSSR count). The summed E-state index contributed by atoms with van der Waals surface area (Å²) < 4.78 is 1.80. The van der Waals surface area contributed by atoms with Crippen molar-refractivity contribution in [1.82, 2.24) is 25.4 Å². The highest BCUT2D eigenvalue weighted by Crippen LogP contribution is 2.06. The summed E-state index contributed by atoms with van der Waals surface area (Å²) >= 11 is 0. The van der Waals surface area contributed by atoms with Gasteiger partial charge in [-0.2, -0.15) is 0 Å². The summed E-state index contributed by atoms with van der Waals surface area (Å²) in [6, 6.07) is 0. The van der Waals surface area contributed by atoms with Crippen molar-refractivity contribution in [2.75, 3.05) is 13.1 Å².